The van der Waals surface area contributed by atoms with E-state index in [9.17, 15) is 9.59 Å². The zero-order valence-corrected chi connectivity index (χ0v) is 15.7. The summed E-state index contributed by atoms with van der Waals surface area (Å²) in [6.07, 6.45) is 1.82. The summed E-state index contributed by atoms with van der Waals surface area (Å²) in [6, 6.07) is 22.2. The van der Waals surface area contributed by atoms with E-state index in [2.05, 4.69) is 0 Å². The van der Waals surface area contributed by atoms with E-state index in [1.807, 2.05) is 54.7 Å². The normalized spacial score (nSPS) is 10.8. The van der Waals surface area contributed by atoms with Crippen molar-refractivity contribution >= 4 is 17.1 Å². The van der Waals surface area contributed by atoms with E-state index in [4.69, 9.17) is 4.74 Å². The summed E-state index contributed by atoms with van der Waals surface area (Å²) in [5.41, 5.74) is 3.81. The van der Waals surface area contributed by atoms with E-state index in [1.54, 1.807) is 35.8 Å². The molecule has 0 aliphatic heterocycles. The minimum atomic E-state index is -0.127. The molecule has 2 aromatic carbocycles. The van der Waals surface area contributed by atoms with Crippen LogP contribution in [0.2, 0.25) is 0 Å². The highest BCUT2D eigenvalue weighted by Gasteiger charge is 2.26. The zero-order valence-electron chi connectivity index (χ0n) is 15.7. The second-order valence-electron chi connectivity index (χ2n) is 6.53. The van der Waals surface area contributed by atoms with Crippen molar-refractivity contribution in [2.75, 3.05) is 7.11 Å². The van der Waals surface area contributed by atoms with Gasteiger partial charge in [-0.1, -0.05) is 36.4 Å². The van der Waals surface area contributed by atoms with Crippen LogP contribution in [0.4, 0.5) is 0 Å². The number of pyridine rings is 1. The molecule has 4 aromatic rings. The van der Waals surface area contributed by atoms with Gasteiger partial charge < -0.3 is 9.14 Å². The van der Waals surface area contributed by atoms with Crippen LogP contribution in [0, 0.1) is 0 Å². The van der Waals surface area contributed by atoms with Crippen LogP contribution in [-0.4, -0.2) is 23.1 Å². The number of carbonyl (C=O) groups is 2. The van der Waals surface area contributed by atoms with Gasteiger partial charge in [0.05, 0.1) is 23.9 Å². The third-order valence-corrected chi connectivity index (χ3v) is 4.82. The molecule has 0 aliphatic rings. The molecule has 0 radical (unpaired) electrons. The molecule has 2 heterocycles. The van der Waals surface area contributed by atoms with Crippen LogP contribution in [0.3, 0.4) is 0 Å². The molecule has 4 nitrogen and oxygen atoms in total. The van der Waals surface area contributed by atoms with E-state index in [0.717, 1.165) is 5.56 Å². The van der Waals surface area contributed by atoms with Crippen LogP contribution >= 0.6 is 0 Å². The predicted octanol–water partition coefficient (Wildman–Crippen LogP) is 5.05. The first-order valence-corrected chi connectivity index (χ1v) is 9.00. The number of fused-ring (bicyclic) bond motifs is 1. The lowest BCUT2D eigenvalue weighted by Gasteiger charge is -2.07. The number of Topliss-reactive ketones (excluding diaryl/α,β-unsaturated/α-hetero) is 1. The maximum Gasteiger partial charge on any atom is 0.195 e. The minimum absolute atomic E-state index is 0.0890. The van der Waals surface area contributed by atoms with Gasteiger partial charge in [-0.3, -0.25) is 9.59 Å². The molecule has 0 unspecified atom stereocenters. The summed E-state index contributed by atoms with van der Waals surface area (Å²) in [4.78, 5) is 26.1. The number of ether oxygens (including phenoxy) is 1. The number of rotatable bonds is 5. The van der Waals surface area contributed by atoms with Crippen LogP contribution in [0.15, 0.2) is 79.0 Å². The van der Waals surface area contributed by atoms with Crippen LogP contribution in [0.25, 0.3) is 16.6 Å². The number of hydrogen-bond acceptors (Lipinski definition) is 3. The standard InChI is InChI=1S/C24H19NO3/c1-16(26)23-21(17-8-4-3-5-9-17)22(20-10-6-7-15-25(20)23)24(27)18-11-13-19(28-2)14-12-18/h3-15H,1-2H3. The van der Waals surface area contributed by atoms with Crippen molar-refractivity contribution in [2.45, 2.75) is 6.92 Å². The summed E-state index contributed by atoms with van der Waals surface area (Å²) in [5.74, 6) is 0.470. The van der Waals surface area contributed by atoms with Gasteiger partial charge in [0, 0.05) is 24.2 Å². The molecule has 0 spiro atoms. The van der Waals surface area contributed by atoms with Gasteiger partial charge in [0.25, 0.3) is 0 Å². The van der Waals surface area contributed by atoms with Crippen LogP contribution in [0.1, 0.15) is 33.3 Å². The summed E-state index contributed by atoms with van der Waals surface area (Å²) >= 11 is 0. The summed E-state index contributed by atoms with van der Waals surface area (Å²) < 4.78 is 7.00. The van der Waals surface area contributed by atoms with Crippen LogP contribution in [-0.2, 0) is 0 Å². The third-order valence-electron chi connectivity index (χ3n) is 4.82. The van der Waals surface area contributed by atoms with Crippen molar-refractivity contribution in [2.24, 2.45) is 0 Å². The van der Waals surface area contributed by atoms with Crippen LogP contribution in [0.5, 0.6) is 5.75 Å². The van der Waals surface area contributed by atoms with Crippen LogP contribution < -0.4 is 4.74 Å². The molecule has 4 heteroatoms. The Balaban J connectivity index is 2.04. The Morgan fingerprint density at radius 2 is 1.54 bits per heavy atom. The van der Waals surface area contributed by atoms with E-state index < -0.39 is 0 Å². The molecule has 138 valence electrons. The molecule has 0 bridgehead atoms. The average Bonchev–Trinajstić information content (AvgIpc) is 3.09. The number of aromatic nitrogens is 1. The van der Waals surface area contributed by atoms with E-state index >= 15 is 0 Å². The molecule has 28 heavy (non-hydrogen) atoms. The van der Waals surface area contributed by atoms with E-state index in [1.165, 1.54) is 6.92 Å². The lowest BCUT2D eigenvalue weighted by Crippen LogP contribution is -2.04. The molecular formula is C24H19NO3. The number of ketones is 2. The summed E-state index contributed by atoms with van der Waals surface area (Å²) in [5, 5.41) is 0. The maximum atomic E-state index is 13.5. The second kappa shape index (κ2) is 7.16. The quantitative estimate of drug-likeness (QED) is 0.463. The number of nitrogens with zero attached hydrogens (tertiary/aromatic N) is 1. The lowest BCUT2D eigenvalue weighted by molar-refractivity contribution is 0.101. The maximum absolute atomic E-state index is 13.5. The van der Waals surface area contributed by atoms with Gasteiger partial charge in [-0.2, -0.15) is 0 Å². The van der Waals surface area contributed by atoms with Gasteiger partial charge in [0.15, 0.2) is 11.6 Å². The van der Waals surface area contributed by atoms with E-state index in [-0.39, 0.29) is 11.6 Å². The number of benzene rings is 2. The molecule has 2 aromatic heterocycles. The molecule has 0 saturated carbocycles. The number of hydrogen-bond donors (Lipinski definition) is 0. The molecule has 0 fully saturated rings. The van der Waals surface area contributed by atoms with Gasteiger partial charge in [-0.15, -0.1) is 0 Å². The van der Waals surface area contributed by atoms with Gasteiger partial charge in [0.1, 0.15) is 5.75 Å². The van der Waals surface area contributed by atoms with Crippen molar-refractivity contribution in [1.29, 1.82) is 0 Å². The molecule has 0 saturated heterocycles. The number of methoxy groups -OCH3 is 1. The zero-order chi connectivity index (χ0) is 19.7. The molecule has 0 aliphatic carbocycles. The van der Waals surface area contributed by atoms with Crippen molar-refractivity contribution in [3.63, 3.8) is 0 Å². The highest BCUT2D eigenvalue weighted by Crippen LogP contribution is 2.35. The first-order chi connectivity index (χ1) is 13.6. The molecule has 0 amide bonds. The Labute approximate surface area is 163 Å². The Hall–Kier alpha value is -3.66. The molecule has 4 rings (SSSR count). The van der Waals surface area contributed by atoms with Crippen molar-refractivity contribution in [3.8, 4) is 16.9 Å². The fourth-order valence-electron chi connectivity index (χ4n) is 3.56. The topological polar surface area (TPSA) is 47.8 Å². The third kappa shape index (κ3) is 2.89. The average molecular weight is 369 g/mol. The highest BCUT2D eigenvalue weighted by molar-refractivity contribution is 6.20. The van der Waals surface area contributed by atoms with Gasteiger partial charge in [-0.25, -0.2) is 0 Å². The molecule has 0 atom stereocenters. The van der Waals surface area contributed by atoms with Crippen molar-refractivity contribution < 1.29 is 14.3 Å². The van der Waals surface area contributed by atoms with Gasteiger partial charge in [0.2, 0.25) is 0 Å². The van der Waals surface area contributed by atoms with E-state index in [0.29, 0.717) is 33.7 Å². The minimum Gasteiger partial charge on any atom is -0.497 e. The lowest BCUT2D eigenvalue weighted by atomic mass is 9.94. The predicted molar refractivity (Wildman–Crippen MR) is 109 cm³/mol. The first kappa shape index (κ1) is 17.7. The fraction of sp³-hybridized carbons (Fsp3) is 0.0833. The first-order valence-electron chi connectivity index (χ1n) is 9.00. The van der Waals surface area contributed by atoms with Gasteiger partial charge in [-0.05, 0) is 42.0 Å². The van der Waals surface area contributed by atoms with Gasteiger partial charge >= 0.3 is 0 Å². The Bertz CT molecular complexity index is 1170. The Morgan fingerprint density at radius 3 is 2.18 bits per heavy atom. The molecule has 0 N–H and O–H groups in total. The SMILES string of the molecule is COc1ccc(C(=O)c2c(-c3ccccc3)c(C(C)=O)n3ccccc23)cc1. The molecular weight excluding hydrogens is 350 g/mol. The Kier molecular flexibility index (Phi) is 4.53. The smallest absolute Gasteiger partial charge is 0.195 e. The monoisotopic (exact) mass is 369 g/mol. The largest absolute Gasteiger partial charge is 0.497 e. The fourth-order valence-corrected chi connectivity index (χ4v) is 3.56. The Morgan fingerprint density at radius 1 is 0.857 bits per heavy atom. The summed E-state index contributed by atoms with van der Waals surface area (Å²) in [6.45, 7) is 1.53. The van der Waals surface area contributed by atoms with Crippen molar-refractivity contribution in [1.82, 2.24) is 4.40 Å². The second-order valence-corrected chi connectivity index (χ2v) is 6.53. The summed E-state index contributed by atoms with van der Waals surface area (Å²) in [7, 11) is 1.59. The highest BCUT2D eigenvalue weighted by atomic mass is 16.5. The van der Waals surface area contributed by atoms with Crippen molar-refractivity contribution in [3.05, 3.63) is 95.8 Å². The number of carbonyl (C=O) groups excluding carboxylic acids is 2.